The number of fused-ring (bicyclic) bond motifs is 2. The summed E-state index contributed by atoms with van der Waals surface area (Å²) in [4.78, 5) is 0. The Kier molecular flexibility index (Phi) is 4.06. The molecule has 0 saturated heterocycles. The van der Waals surface area contributed by atoms with Crippen molar-refractivity contribution in [1.29, 1.82) is 0 Å². The lowest BCUT2D eigenvalue weighted by molar-refractivity contribution is 1.11. The Morgan fingerprint density at radius 3 is 2.52 bits per heavy atom. The molecule has 3 aromatic carbocycles. The number of aromatic nitrogens is 1. The Morgan fingerprint density at radius 2 is 1.76 bits per heavy atom. The van der Waals surface area contributed by atoms with E-state index in [0.29, 0.717) is 0 Å². The lowest BCUT2D eigenvalue weighted by Gasteiger charge is -2.10. The van der Waals surface area contributed by atoms with Gasteiger partial charge in [-0.25, -0.2) is 0 Å². The summed E-state index contributed by atoms with van der Waals surface area (Å²) in [5, 5.41) is 3.70. The maximum atomic E-state index is 4.07. The molecule has 1 aromatic heterocycles. The van der Waals surface area contributed by atoms with Gasteiger partial charge in [0.05, 0.1) is 11.2 Å². The molecule has 0 fully saturated rings. The maximum absolute atomic E-state index is 4.07. The van der Waals surface area contributed by atoms with Crippen molar-refractivity contribution in [2.45, 2.75) is 6.92 Å². The topological polar surface area (TPSA) is 4.93 Å². The molecule has 4 aromatic rings. The summed E-state index contributed by atoms with van der Waals surface area (Å²) in [5.74, 6) is 0. The molecule has 2 heteroatoms. The lowest BCUT2D eigenvalue weighted by atomic mass is 10.1. The second kappa shape index (κ2) is 6.38. The van der Waals surface area contributed by atoms with Crippen molar-refractivity contribution in [1.82, 2.24) is 4.57 Å². The van der Waals surface area contributed by atoms with E-state index in [-0.39, 0.29) is 0 Å². The van der Waals surface area contributed by atoms with Gasteiger partial charge in [0.25, 0.3) is 0 Å². The first-order valence-electron chi connectivity index (χ1n) is 8.31. The van der Waals surface area contributed by atoms with Crippen LogP contribution in [-0.4, -0.2) is 4.57 Å². The fraction of sp³-hybridized carbons (Fsp3) is 0.0435. The number of nitrogens with zero attached hydrogens (tertiary/aromatic N) is 1. The molecule has 0 bridgehead atoms. The molecular formula is C23H18BrN. The number of benzene rings is 3. The highest BCUT2D eigenvalue weighted by Gasteiger charge is 2.15. The van der Waals surface area contributed by atoms with Crippen LogP contribution in [0, 0.1) is 0 Å². The van der Waals surface area contributed by atoms with Crippen LogP contribution in [0.3, 0.4) is 0 Å². The van der Waals surface area contributed by atoms with Crippen LogP contribution >= 0.6 is 15.9 Å². The van der Waals surface area contributed by atoms with E-state index >= 15 is 0 Å². The molecule has 0 spiro atoms. The monoisotopic (exact) mass is 387 g/mol. The average Bonchev–Trinajstić information content (AvgIpc) is 2.94. The Hall–Kier alpha value is -2.58. The predicted molar refractivity (Wildman–Crippen MR) is 113 cm³/mol. The molecule has 1 nitrogen and oxygen atoms in total. The Balaban J connectivity index is 2.10. The second-order valence-corrected chi connectivity index (χ2v) is 6.95. The van der Waals surface area contributed by atoms with Crippen LogP contribution in [0.25, 0.3) is 39.5 Å². The van der Waals surface area contributed by atoms with Crippen molar-refractivity contribution in [2.24, 2.45) is 0 Å². The smallest absolute Gasteiger partial charge is 0.0541 e. The van der Waals surface area contributed by atoms with Crippen molar-refractivity contribution in [2.75, 3.05) is 0 Å². The molecule has 0 aliphatic heterocycles. The number of rotatable bonds is 3. The van der Waals surface area contributed by atoms with Crippen molar-refractivity contribution >= 4 is 49.8 Å². The van der Waals surface area contributed by atoms with E-state index in [9.17, 15) is 0 Å². The molecule has 0 N–H and O–H groups in total. The quantitative estimate of drug-likeness (QED) is 0.349. The summed E-state index contributed by atoms with van der Waals surface area (Å²) in [5.41, 5.74) is 4.64. The summed E-state index contributed by atoms with van der Waals surface area (Å²) < 4.78 is 3.37. The minimum Gasteiger partial charge on any atom is -0.309 e. The molecule has 0 saturated carbocycles. The zero-order chi connectivity index (χ0) is 17.4. The summed E-state index contributed by atoms with van der Waals surface area (Å²) in [7, 11) is 0. The highest BCUT2D eigenvalue weighted by molar-refractivity contribution is 9.10. The number of allylic oxidation sites excluding steroid dienone is 1. The molecule has 0 aliphatic carbocycles. The molecule has 1 heterocycles. The molecule has 4 rings (SSSR count). The third-order valence-corrected chi connectivity index (χ3v) is 5.02. The van der Waals surface area contributed by atoms with Crippen LogP contribution in [0.1, 0.15) is 18.2 Å². The van der Waals surface area contributed by atoms with E-state index in [1.807, 2.05) is 13.0 Å². The average molecular weight is 388 g/mol. The van der Waals surface area contributed by atoms with Gasteiger partial charge in [-0.05, 0) is 54.1 Å². The molecular weight excluding hydrogens is 370 g/mol. The van der Waals surface area contributed by atoms with Gasteiger partial charge in [-0.3, -0.25) is 0 Å². The Bertz CT molecular complexity index is 1130. The zero-order valence-electron chi connectivity index (χ0n) is 14.0. The normalized spacial score (nSPS) is 11.6. The summed E-state index contributed by atoms with van der Waals surface area (Å²) >= 11 is 3.60. The fourth-order valence-corrected chi connectivity index (χ4v) is 3.81. The summed E-state index contributed by atoms with van der Waals surface area (Å²) in [6, 6.07) is 21.5. The van der Waals surface area contributed by atoms with Gasteiger partial charge in [0, 0.05) is 21.1 Å². The van der Waals surface area contributed by atoms with E-state index in [1.165, 1.54) is 27.2 Å². The highest BCUT2D eigenvalue weighted by atomic mass is 79.9. The first-order chi connectivity index (χ1) is 12.2. The van der Waals surface area contributed by atoms with Crippen molar-refractivity contribution < 1.29 is 0 Å². The third-order valence-electron chi connectivity index (χ3n) is 4.52. The second-order valence-electron chi connectivity index (χ2n) is 6.03. The largest absolute Gasteiger partial charge is 0.309 e. The minimum atomic E-state index is 1.08. The number of hydrogen-bond donors (Lipinski definition) is 0. The molecule has 122 valence electrons. The molecule has 25 heavy (non-hydrogen) atoms. The lowest BCUT2D eigenvalue weighted by Crippen LogP contribution is -1.96. The molecule has 0 atom stereocenters. The third kappa shape index (κ3) is 2.63. The fourth-order valence-electron chi connectivity index (χ4n) is 3.44. The van der Waals surface area contributed by atoms with Crippen LogP contribution < -0.4 is 0 Å². The maximum Gasteiger partial charge on any atom is 0.0541 e. The molecule has 0 amide bonds. The van der Waals surface area contributed by atoms with Crippen molar-refractivity contribution in [3.8, 4) is 5.69 Å². The van der Waals surface area contributed by atoms with Crippen LogP contribution in [0.2, 0.25) is 0 Å². The van der Waals surface area contributed by atoms with Crippen LogP contribution in [0.4, 0.5) is 0 Å². The first kappa shape index (κ1) is 15.9. The van der Waals surface area contributed by atoms with Crippen LogP contribution in [-0.2, 0) is 0 Å². The molecule has 0 radical (unpaired) electrons. The van der Waals surface area contributed by atoms with E-state index < -0.39 is 0 Å². The van der Waals surface area contributed by atoms with Gasteiger partial charge in [-0.2, -0.15) is 0 Å². The first-order valence-corrected chi connectivity index (χ1v) is 9.10. The van der Waals surface area contributed by atoms with Gasteiger partial charge in [0.2, 0.25) is 0 Å². The highest BCUT2D eigenvalue weighted by Crippen LogP contribution is 2.34. The van der Waals surface area contributed by atoms with Gasteiger partial charge in [0.1, 0.15) is 0 Å². The summed E-state index contributed by atoms with van der Waals surface area (Å²) in [6.45, 7) is 6.12. The Labute approximate surface area is 156 Å². The van der Waals surface area contributed by atoms with E-state index in [4.69, 9.17) is 0 Å². The zero-order valence-corrected chi connectivity index (χ0v) is 15.6. The minimum absolute atomic E-state index is 1.08. The van der Waals surface area contributed by atoms with E-state index in [2.05, 4.69) is 99.9 Å². The van der Waals surface area contributed by atoms with Crippen molar-refractivity contribution in [3.63, 3.8) is 0 Å². The SMILES string of the molecule is C=Cc1c(/C=C\C)c2cc(Br)ccc2n1-c1ccc2ccccc2c1. The molecule has 0 unspecified atom stereocenters. The van der Waals surface area contributed by atoms with Gasteiger partial charge in [0.15, 0.2) is 0 Å². The van der Waals surface area contributed by atoms with Crippen LogP contribution in [0.5, 0.6) is 0 Å². The van der Waals surface area contributed by atoms with Gasteiger partial charge < -0.3 is 4.57 Å². The molecule has 0 aliphatic rings. The van der Waals surface area contributed by atoms with Crippen LogP contribution in [0.15, 0.2) is 77.8 Å². The summed E-state index contributed by atoms with van der Waals surface area (Å²) in [6.07, 6.45) is 6.18. The van der Waals surface area contributed by atoms with E-state index in [0.717, 1.165) is 15.9 Å². The Morgan fingerprint density at radius 1 is 0.960 bits per heavy atom. The van der Waals surface area contributed by atoms with Gasteiger partial charge in [-0.1, -0.05) is 65.0 Å². The number of hydrogen-bond acceptors (Lipinski definition) is 0. The van der Waals surface area contributed by atoms with Gasteiger partial charge >= 0.3 is 0 Å². The van der Waals surface area contributed by atoms with Gasteiger partial charge in [-0.15, -0.1) is 0 Å². The predicted octanol–water partition coefficient (Wildman–Crippen LogP) is 7.22. The van der Waals surface area contributed by atoms with E-state index in [1.54, 1.807) is 0 Å². The standard InChI is InChI=1S/C23H18BrN/c1-3-7-20-21-15-18(24)11-13-23(21)25(22(20)4-2)19-12-10-16-8-5-6-9-17(16)14-19/h3-15H,2H2,1H3/b7-3-. The number of halogens is 1. The van der Waals surface area contributed by atoms with Crippen molar-refractivity contribution in [3.05, 3.63) is 89.0 Å².